The number of allylic oxidation sites excluding steroid dienone is 5. The monoisotopic (exact) mass is 284 g/mol. The molecule has 0 amide bonds. The Bertz CT molecular complexity index is 851. The summed E-state index contributed by atoms with van der Waals surface area (Å²) in [5.41, 5.74) is 3.88. The molecule has 22 heavy (non-hydrogen) atoms. The first-order valence-corrected chi connectivity index (χ1v) is 7.63. The van der Waals surface area contributed by atoms with E-state index in [-0.39, 0.29) is 0 Å². The van der Waals surface area contributed by atoms with Gasteiger partial charge < -0.3 is 0 Å². The molecule has 0 aliphatic carbocycles. The molecule has 0 heterocycles. The minimum atomic E-state index is 1.23. The summed E-state index contributed by atoms with van der Waals surface area (Å²) in [6, 6.07) is 17.3. The van der Waals surface area contributed by atoms with Crippen molar-refractivity contribution in [3.05, 3.63) is 90.5 Å². The molecular formula is C22H20. The molecule has 0 saturated carbocycles. The van der Waals surface area contributed by atoms with Crippen LogP contribution in [0.2, 0.25) is 0 Å². The molecule has 3 rings (SSSR count). The minimum Gasteiger partial charge on any atom is -0.0991 e. The molecule has 0 aromatic heterocycles. The maximum absolute atomic E-state index is 3.79. The summed E-state index contributed by atoms with van der Waals surface area (Å²) in [5.74, 6) is 0. The van der Waals surface area contributed by atoms with Crippen LogP contribution >= 0.6 is 0 Å². The van der Waals surface area contributed by atoms with Crippen molar-refractivity contribution < 1.29 is 0 Å². The lowest BCUT2D eigenvalue weighted by Crippen LogP contribution is -1.91. The molecule has 0 bridgehead atoms. The smallest absolute Gasteiger partial charge is 0.00299 e. The number of rotatable bonds is 3. The highest BCUT2D eigenvalue weighted by Gasteiger charge is 2.12. The fraction of sp³-hybridized carbons (Fsp3) is 0.0909. The summed E-state index contributed by atoms with van der Waals surface area (Å²) in [6.07, 6.45) is 8.13. The van der Waals surface area contributed by atoms with Crippen LogP contribution in [0, 0.1) is 6.92 Å². The van der Waals surface area contributed by atoms with Gasteiger partial charge >= 0.3 is 0 Å². The van der Waals surface area contributed by atoms with E-state index in [2.05, 4.69) is 81.1 Å². The van der Waals surface area contributed by atoms with Crippen LogP contribution in [-0.4, -0.2) is 0 Å². The summed E-state index contributed by atoms with van der Waals surface area (Å²) >= 11 is 0. The molecule has 0 unspecified atom stereocenters. The molecule has 0 spiro atoms. The lowest BCUT2D eigenvalue weighted by molar-refractivity contribution is 1.57. The van der Waals surface area contributed by atoms with E-state index in [9.17, 15) is 0 Å². The van der Waals surface area contributed by atoms with Crippen molar-refractivity contribution in [1.82, 2.24) is 0 Å². The number of hydrogen-bond donors (Lipinski definition) is 0. The van der Waals surface area contributed by atoms with Crippen LogP contribution < -0.4 is 0 Å². The maximum atomic E-state index is 3.79. The van der Waals surface area contributed by atoms with Crippen molar-refractivity contribution >= 4 is 27.1 Å². The van der Waals surface area contributed by atoms with Gasteiger partial charge in [-0.25, -0.2) is 0 Å². The van der Waals surface area contributed by atoms with Gasteiger partial charge in [0.05, 0.1) is 0 Å². The van der Waals surface area contributed by atoms with E-state index in [1.807, 2.05) is 12.2 Å². The van der Waals surface area contributed by atoms with Gasteiger partial charge in [-0.1, -0.05) is 79.4 Å². The number of aryl methyl sites for hydroxylation is 1. The Morgan fingerprint density at radius 2 is 1.36 bits per heavy atom. The fourth-order valence-corrected chi connectivity index (χ4v) is 3.15. The third-order valence-corrected chi connectivity index (χ3v) is 4.21. The van der Waals surface area contributed by atoms with Gasteiger partial charge in [-0.3, -0.25) is 0 Å². The fourth-order valence-electron chi connectivity index (χ4n) is 3.15. The lowest BCUT2D eigenvalue weighted by Gasteiger charge is -2.15. The summed E-state index contributed by atoms with van der Waals surface area (Å²) in [6.45, 7) is 8.09. The van der Waals surface area contributed by atoms with Crippen LogP contribution in [0.1, 0.15) is 18.1 Å². The number of benzene rings is 3. The van der Waals surface area contributed by atoms with E-state index in [1.165, 1.54) is 38.2 Å². The van der Waals surface area contributed by atoms with Crippen LogP contribution in [0.15, 0.2) is 79.4 Å². The van der Waals surface area contributed by atoms with E-state index in [1.54, 1.807) is 0 Å². The second kappa shape index (κ2) is 6.03. The van der Waals surface area contributed by atoms with Crippen molar-refractivity contribution in [2.45, 2.75) is 13.8 Å². The first kappa shape index (κ1) is 14.3. The van der Waals surface area contributed by atoms with Crippen molar-refractivity contribution in [1.29, 1.82) is 0 Å². The second-order valence-electron chi connectivity index (χ2n) is 5.43. The maximum Gasteiger partial charge on any atom is -0.00299 e. The summed E-state index contributed by atoms with van der Waals surface area (Å²) < 4.78 is 0. The van der Waals surface area contributed by atoms with Gasteiger partial charge in [0.1, 0.15) is 0 Å². The first-order valence-electron chi connectivity index (χ1n) is 7.63. The summed E-state index contributed by atoms with van der Waals surface area (Å²) in [7, 11) is 0. The molecule has 0 nitrogen and oxygen atoms in total. The standard InChI is InChI=1S/C22H20/c1-4-6-11-17(5-2)22-20-14-9-7-12-18(20)16(3)19-13-8-10-15-21(19)22/h4-15H,1H2,2-3H3/b11-6-,17-5+. The molecule has 3 aromatic rings. The average Bonchev–Trinajstić information content (AvgIpc) is 2.58. The third-order valence-electron chi connectivity index (χ3n) is 4.21. The van der Waals surface area contributed by atoms with E-state index in [4.69, 9.17) is 0 Å². The third kappa shape index (κ3) is 2.27. The molecular weight excluding hydrogens is 264 g/mol. The normalized spacial score (nSPS) is 12.4. The Balaban J connectivity index is 2.51. The predicted octanol–water partition coefficient (Wildman–Crippen LogP) is 6.45. The van der Waals surface area contributed by atoms with Gasteiger partial charge in [-0.15, -0.1) is 0 Å². The Hall–Kier alpha value is -2.60. The largest absolute Gasteiger partial charge is 0.0991 e. The van der Waals surface area contributed by atoms with Gasteiger partial charge in [-0.05, 0) is 52.1 Å². The Morgan fingerprint density at radius 1 is 0.864 bits per heavy atom. The van der Waals surface area contributed by atoms with Crippen LogP contribution in [0.3, 0.4) is 0 Å². The quantitative estimate of drug-likeness (QED) is 0.383. The number of hydrogen-bond acceptors (Lipinski definition) is 0. The van der Waals surface area contributed by atoms with E-state index in [0.29, 0.717) is 0 Å². The van der Waals surface area contributed by atoms with Gasteiger partial charge in [0, 0.05) is 0 Å². The van der Waals surface area contributed by atoms with E-state index < -0.39 is 0 Å². The zero-order valence-corrected chi connectivity index (χ0v) is 13.1. The van der Waals surface area contributed by atoms with Crippen LogP contribution in [0.25, 0.3) is 27.1 Å². The zero-order valence-electron chi connectivity index (χ0n) is 13.1. The SMILES string of the molecule is C=C/C=C\C(=C/C)c1c2ccccc2c(C)c2ccccc12. The van der Waals surface area contributed by atoms with Crippen LogP contribution in [0.4, 0.5) is 0 Å². The Kier molecular flexibility index (Phi) is 3.93. The first-order chi connectivity index (χ1) is 10.8. The highest BCUT2D eigenvalue weighted by molar-refractivity contribution is 6.12. The molecule has 0 saturated heterocycles. The second-order valence-corrected chi connectivity index (χ2v) is 5.43. The molecule has 0 aliphatic heterocycles. The van der Waals surface area contributed by atoms with Crippen LogP contribution in [-0.2, 0) is 0 Å². The van der Waals surface area contributed by atoms with E-state index in [0.717, 1.165) is 0 Å². The van der Waals surface area contributed by atoms with Gasteiger partial charge in [0.2, 0.25) is 0 Å². The van der Waals surface area contributed by atoms with E-state index >= 15 is 0 Å². The summed E-state index contributed by atoms with van der Waals surface area (Å²) in [5, 5.41) is 5.26. The minimum absolute atomic E-state index is 1.23. The number of fused-ring (bicyclic) bond motifs is 2. The molecule has 3 aromatic carbocycles. The van der Waals surface area contributed by atoms with Gasteiger partial charge in [-0.2, -0.15) is 0 Å². The zero-order chi connectivity index (χ0) is 15.5. The molecule has 0 aliphatic rings. The highest BCUT2D eigenvalue weighted by Crippen LogP contribution is 2.36. The lowest BCUT2D eigenvalue weighted by atomic mass is 9.88. The topological polar surface area (TPSA) is 0 Å². The average molecular weight is 284 g/mol. The molecule has 108 valence electrons. The molecule has 0 N–H and O–H groups in total. The molecule has 0 fully saturated rings. The summed E-state index contributed by atoms with van der Waals surface area (Å²) in [4.78, 5) is 0. The van der Waals surface area contributed by atoms with Crippen molar-refractivity contribution in [3.63, 3.8) is 0 Å². The van der Waals surface area contributed by atoms with Gasteiger partial charge in [0.25, 0.3) is 0 Å². The predicted molar refractivity (Wildman–Crippen MR) is 99.2 cm³/mol. The Labute approximate surface area is 132 Å². The van der Waals surface area contributed by atoms with Crippen molar-refractivity contribution in [3.8, 4) is 0 Å². The Morgan fingerprint density at radius 3 is 1.82 bits per heavy atom. The molecule has 0 heteroatoms. The molecule has 0 radical (unpaired) electrons. The van der Waals surface area contributed by atoms with Crippen molar-refractivity contribution in [2.24, 2.45) is 0 Å². The highest BCUT2D eigenvalue weighted by atomic mass is 14.2. The molecule has 0 atom stereocenters. The van der Waals surface area contributed by atoms with Crippen LogP contribution in [0.5, 0.6) is 0 Å². The van der Waals surface area contributed by atoms with Crippen molar-refractivity contribution in [2.75, 3.05) is 0 Å². The van der Waals surface area contributed by atoms with Gasteiger partial charge in [0.15, 0.2) is 0 Å².